The van der Waals surface area contributed by atoms with Crippen LogP contribution in [-0.2, 0) is 14.8 Å². The Kier molecular flexibility index (Phi) is 6.75. The first kappa shape index (κ1) is 20.5. The maximum Gasteiger partial charge on any atom is 0.242 e. The normalized spacial score (nSPS) is 12.7. The molecule has 2 aromatic carbocycles. The number of anilines is 1. The number of hydrogen-bond acceptors (Lipinski definition) is 3. The van der Waals surface area contributed by atoms with Crippen molar-refractivity contribution in [2.45, 2.75) is 17.9 Å². The lowest BCUT2D eigenvalue weighted by Crippen LogP contribution is -2.41. The zero-order chi connectivity index (χ0) is 18.8. The Labute approximate surface area is 168 Å². The molecule has 2 N–H and O–H groups in total. The molecule has 0 saturated carbocycles. The molecule has 25 heavy (non-hydrogen) atoms. The Hall–Kier alpha value is -0.830. The van der Waals surface area contributed by atoms with Crippen molar-refractivity contribution in [1.82, 2.24) is 4.72 Å². The third-order valence-corrected chi connectivity index (χ3v) is 6.24. The average Bonchev–Trinajstić information content (AvgIpc) is 2.52. The van der Waals surface area contributed by atoms with Gasteiger partial charge in [-0.05, 0) is 43.3 Å². The summed E-state index contributed by atoms with van der Waals surface area (Å²) >= 11 is 20.9. The second kappa shape index (κ2) is 8.24. The smallest absolute Gasteiger partial charge is 0.242 e. The van der Waals surface area contributed by atoms with Crippen LogP contribution in [-0.4, -0.2) is 20.4 Å². The molecule has 0 aromatic heterocycles. The molecule has 0 fully saturated rings. The molecule has 0 bridgehead atoms. The summed E-state index contributed by atoms with van der Waals surface area (Å²) in [6.45, 7) is 1.41. The Balaban J connectivity index is 2.12. The van der Waals surface area contributed by atoms with Gasteiger partial charge in [0.15, 0.2) is 0 Å². The van der Waals surface area contributed by atoms with E-state index in [1.54, 1.807) is 12.1 Å². The van der Waals surface area contributed by atoms with Crippen LogP contribution in [0.5, 0.6) is 0 Å². The van der Waals surface area contributed by atoms with Gasteiger partial charge in [0, 0.05) is 4.47 Å². The van der Waals surface area contributed by atoms with Crippen LogP contribution in [0.3, 0.4) is 0 Å². The van der Waals surface area contributed by atoms with Gasteiger partial charge in [0.2, 0.25) is 15.9 Å². The summed E-state index contributed by atoms with van der Waals surface area (Å²) in [6, 6.07) is 7.76. The summed E-state index contributed by atoms with van der Waals surface area (Å²) in [5.41, 5.74) is 0.232. The Morgan fingerprint density at radius 3 is 2.20 bits per heavy atom. The number of carbonyl (C=O) groups is 1. The summed E-state index contributed by atoms with van der Waals surface area (Å²) in [6.07, 6.45) is 0. The molecule has 0 radical (unpaired) electrons. The highest BCUT2D eigenvalue weighted by Gasteiger charge is 2.22. The van der Waals surface area contributed by atoms with E-state index in [2.05, 4.69) is 26.0 Å². The maximum atomic E-state index is 12.3. The van der Waals surface area contributed by atoms with E-state index in [0.717, 1.165) is 4.47 Å². The van der Waals surface area contributed by atoms with Crippen molar-refractivity contribution >= 4 is 72.4 Å². The molecule has 2 aromatic rings. The summed E-state index contributed by atoms with van der Waals surface area (Å²) < 4.78 is 27.7. The van der Waals surface area contributed by atoms with E-state index in [4.69, 9.17) is 34.8 Å². The highest BCUT2D eigenvalue weighted by molar-refractivity contribution is 9.10. The topological polar surface area (TPSA) is 75.3 Å². The maximum absolute atomic E-state index is 12.3. The zero-order valence-electron chi connectivity index (χ0n) is 12.7. The van der Waals surface area contributed by atoms with Gasteiger partial charge in [-0.3, -0.25) is 4.79 Å². The lowest BCUT2D eigenvalue weighted by molar-refractivity contribution is -0.117. The van der Waals surface area contributed by atoms with Crippen LogP contribution in [0.15, 0.2) is 45.8 Å². The predicted molar refractivity (Wildman–Crippen MR) is 104 cm³/mol. The van der Waals surface area contributed by atoms with Crippen molar-refractivity contribution in [3.63, 3.8) is 0 Å². The lowest BCUT2D eigenvalue weighted by atomic mass is 10.3. The molecule has 0 spiro atoms. The van der Waals surface area contributed by atoms with E-state index in [1.165, 1.54) is 31.2 Å². The summed E-state index contributed by atoms with van der Waals surface area (Å²) in [5, 5.41) is 3.16. The third kappa shape index (κ3) is 5.32. The standard InChI is InChI=1S/C15H12BrCl3N2O3S/c1-8(21-25(23,24)10-4-2-9(16)3-5-10)15(22)20-14-7-12(18)11(17)6-13(14)19/h2-8,21H,1H3,(H,20,22)/t8-/m1/s1. The Morgan fingerprint density at radius 1 is 1.04 bits per heavy atom. The van der Waals surface area contributed by atoms with Gasteiger partial charge in [-0.1, -0.05) is 50.7 Å². The molecule has 1 amide bonds. The van der Waals surface area contributed by atoms with Gasteiger partial charge in [0.25, 0.3) is 0 Å². The minimum Gasteiger partial charge on any atom is -0.323 e. The average molecular weight is 487 g/mol. The minimum absolute atomic E-state index is 0.0444. The number of nitrogens with one attached hydrogen (secondary N) is 2. The van der Waals surface area contributed by atoms with Gasteiger partial charge in [-0.2, -0.15) is 4.72 Å². The van der Waals surface area contributed by atoms with E-state index >= 15 is 0 Å². The molecule has 2 rings (SSSR count). The molecule has 0 aliphatic rings. The molecule has 0 unspecified atom stereocenters. The molecule has 0 heterocycles. The van der Waals surface area contributed by atoms with Crippen molar-refractivity contribution in [1.29, 1.82) is 0 Å². The highest BCUT2D eigenvalue weighted by Crippen LogP contribution is 2.32. The summed E-state index contributed by atoms with van der Waals surface area (Å²) in [5.74, 6) is -0.596. The number of halogens is 4. The van der Waals surface area contributed by atoms with Crippen LogP contribution in [0.25, 0.3) is 0 Å². The van der Waals surface area contributed by atoms with E-state index in [9.17, 15) is 13.2 Å². The molecule has 0 saturated heterocycles. The first-order chi connectivity index (χ1) is 11.6. The van der Waals surface area contributed by atoms with Crippen molar-refractivity contribution in [2.24, 2.45) is 0 Å². The van der Waals surface area contributed by atoms with E-state index in [0.29, 0.717) is 0 Å². The molecular weight excluding hydrogens is 475 g/mol. The fourth-order valence-electron chi connectivity index (χ4n) is 1.83. The molecule has 134 valence electrons. The minimum atomic E-state index is -3.85. The fourth-order valence-corrected chi connectivity index (χ4v) is 3.89. The van der Waals surface area contributed by atoms with Crippen molar-refractivity contribution < 1.29 is 13.2 Å². The number of benzene rings is 2. The monoisotopic (exact) mass is 484 g/mol. The van der Waals surface area contributed by atoms with Crippen LogP contribution >= 0.6 is 50.7 Å². The van der Waals surface area contributed by atoms with Crippen molar-refractivity contribution in [3.05, 3.63) is 55.9 Å². The van der Waals surface area contributed by atoms with Gasteiger partial charge in [-0.15, -0.1) is 0 Å². The Bertz CT molecular complexity index is 905. The van der Waals surface area contributed by atoms with Crippen LogP contribution in [0.2, 0.25) is 15.1 Å². The largest absolute Gasteiger partial charge is 0.323 e. The molecule has 1 atom stereocenters. The summed E-state index contributed by atoms with van der Waals surface area (Å²) in [4.78, 5) is 12.3. The third-order valence-electron chi connectivity index (χ3n) is 3.12. The van der Waals surface area contributed by atoms with Crippen LogP contribution in [0, 0.1) is 0 Å². The molecule has 0 aliphatic heterocycles. The van der Waals surface area contributed by atoms with Crippen molar-refractivity contribution in [3.8, 4) is 0 Å². The van der Waals surface area contributed by atoms with Crippen molar-refractivity contribution in [2.75, 3.05) is 5.32 Å². The van der Waals surface area contributed by atoms with Gasteiger partial charge in [0.1, 0.15) is 0 Å². The molecule has 0 aliphatic carbocycles. The number of carbonyl (C=O) groups excluding carboxylic acids is 1. The number of amides is 1. The van der Waals surface area contributed by atoms with Crippen LogP contribution < -0.4 is 10.0 Å². The number of hydrogen-bond donors (Lipinski definition) is 2. The first-order valence-electron chi connectivity index (χ1n) is 6.83. The van der Waals surface area contributed by atoms with Crippen LogP contribution in [0.4, 0.5) is 5.69 Å². The van der Waals surface area contributed by atoms with Gasteiger partial charge in [-0.25, -0.2) is 8.42 Å². The predicted octanol–water partition coefficient (Wildman–Crippen LogP) is 4.71. The quantitative estimate of drug-likeness (QED) is 0.601. The second-order valence-electron chi connectivity index (χ2n) is 5.03. The van der Waals surface area contributed by atoms with E-state index in [-0.39, 0.29) is 25.7 Å². The zero-order valence-corrected chi connectivity index (χ0v) is 17.4. The summed E-state index contributed by atoms with van der Waals surface area (Å²) in [7, 11) is -3.85. The number of sulfonamides is 1. The lowest BCUT2D eigenvalue weighted by Gasteiger charge is -2.15. The van der Waals surface area contributed by atoms with Gasteiger partial charge >= 0.3 is 0 Å². The highest BCUT2D eigenvalue weighted by atomic mass is 79.9. The SMILES string of the molecule is C[C@@H](NS(=O)(=O)c1ccc(Br)cc1)C(=O)Nc1cc(Cl)c(Cl)cc1Cl. The van der Waals surface area contributed by atoms with Crippen LogP contribution in [0.1, 0.15) is 6.92 Å². The first-order valence-corrected chi connectivity index (χ1v) is 10.2. The Morgan fingerprint density at radius 2 is 1.60 bits per heavy atom. The second-order valence-corrected chi connectivity index (χ2v) is 8.88. The fraction of sp³-hybridized carbons (Fsp3) is 0.133. The van der Waals surface area contributed by atoms with Gasteiger partial charge in [0.05, 0.1) is 31.7 Å². The van der Waals surface area contributed by atoms with E-state index in [1.807, 2.05) is 0 Å². The molecule has 10 heteroatoms. The molecule has 5 nitrogen and oxygen atoms in total. The van der Waals surface area contributed by atoms with Gasteiger partial charge < -0.3 is 5.32 Å². The molecular formula is C15H12BrCl3N2O3S. The number of rotatable bonds is 5. The van der Waals surface area contributed by atoms with E-state index < -0.39 is 22.0 Å².